The summed E-state index contributed by atoms with van der Waals surface area (Å²) in [5.41, 5.74) is 0.0675. The normalized spacial score (nSPS) is 31.7. The standard InChI is InChI=1S/C30H36ClN3O5/c1-5-20(16-35)34-25(27(37)33-24-17(2)10-9-13-21(24)31)30-14-18(3)29(4,39-30)22(23(30)28(34)38)26(36)32-15-19-11-7-6-8-12-19/h6-13,18,20,22-23,25,35H,5,14-16H2,1-4H3,(H,32,36)(H,33,37)/t18?,20-,22-,23-,25?,29+,30?/m0/s1. The number of benzene rings is 2. The number of ether oxygens (including phenoxy) is 1. The highest BCUT2D eigenvalue weighted by molar-refractivity contribution is 6.34. The van der Waals surface area contributed by atoms with Crippen LogP contribution in [0.1, 0.15) is 44.7 Å². The van der Waals surface area contributed by atoms with Gasteiger partial charge in [0, 0.05) is 6.54 Å². The van der Waals surface area contributed by atoms with E-state index in [1.165, 1.54) is 4.90 Å². The summed E-state index contributed by atoms with van der Waals surface area (Å²) in [7, 11) is 0. The summed E-state index contributed by atoms with van der Waals surface area (Å²) in [5.74, 6) is -2.75. The molecule has 3 fully saturated rings. The topological polar surface area (TPSA) is 108 Å². The van der Waals surface area contributed by atoms with Crippen LogP contribution < -0.4 is 10.6 Å². The molecule has 8 nitrogen and oxygen atoms in total. The van der Waals surface area contributed by atoms with Crippen molar-refractivity contribution in [1.29, 1.82) is 0 Å². The van der Waals surface area contributed by atoms with Gasteiger partial charge in [-0.15, -0.1) is 0 Å². The Bertz CT molecular complexity index is 1260. The van der Waals surface area contributed by atoms with E-state index in [4.69, 9.17) is 16.3 Å². The monoisotopic (exact) mass is 553 g/mol. The van der Waals surface area contributed by atoms with Gasteiger partial charge in [0.15, 0.2) is 0 Å². The van der Waals surface area contributed by atoms with Crippen LogP contribution in [0.4, 0.5) is 5.69 Å². The van der Waals surface area contributed by atoms with Gasteiger partial charge in [-0.25, -0.2) is 0 Å². The van der Waals surface area contributed by atoms with Crippen molar-refractivity contribution >= 4 is 35.0 Å². The Kier molecular flexibility index (Phi) is 7.24. The molecule has 3 N–H and O–H groups in total. The van der Waals surface area contributed by atoms with Gasteiger partial charge >= 0.3 is 0 Å². The molecule has 0 radical (unpaired) electrons. The maximum Gasteiger partial charge on any atom is 0.250 e. The lowest BCUT2D eigenvalue weighted by Gasteiger charge is -2.36. The first-order chi connectivity index (χ1) is 18.6. The number of anilines is 1. The molecule has 1 spiro atoms. The highest BCUT2D eigenvalue weighted by Gasteiger charge is 2.80. The lowest BCUT2D eigenvalue weighted by molar-refractivity contribution is -0.149. The van der Waals surface area contributed by atoms with Crippen molar-refractivity contribution < 1.29 is 24.2 Å². The number of nitrogens with zero attached hydrogens (tertiary/aromatic N) is 1. The SMILES string of the molecule is CC[C@@H](CO)N1C(=O)[C@@H]2[C@@H](C(=O)NCc3ccccc3)[C@]3(C)OC2(CC3C)C1C(=O)Nc1c(C)cccc1Cl. The maximum absolute atomic E-state index is 14.2. The van der Waals surface area contributed by atoms with Gasteiger partial charge in [0.1, 0.15) is 11.6 Å². The van der Waals surface area contributed by atoms with Gasteiger partial charge in [0.2, 0.25) is 17.7 Å². The fraction of sp³-hybridized carbons (Fsp3) is 0.500. The third-order valence-electron chi connectivity index (χ3n) is 9.14. The summed E-state index contributed by atoms with van der Waals surface area (Å²) >= 11 is 6.43. The van der Waals surface area contributed by atoms with Crippen LogP contribution >= 0.6 is 11.6 Å². The molecule has 3 aliphatic rings. The highest BCUT2D eigenvalue weighted by atomic mass is 35.5. The first-order valence-electron chi connectivity index (χ1n) is 13.6. The Morgan fingerprint density at radius 3 is 2.54 bits per heavy atom. The van der Waals surface area contributed by atoms with Gasteiger partial charge in [-0.2, -0.15) is 0 Å². The number of fused-ring (bicyclic) bond motifs is 1. The van der Waals surface area contributed by atoms with E-state index in [1.54, 1.807) is 12.1 Å². The Morgan fingerprint density at radius 2 is 1.90 bits per heavy atom. The molecular formula is C30H36ClN3O5. The number of carbonyl (C=O) groups is 3. The molecule has 2 bridgehead atoms. The molecule has 9 heteroatoms. The van der Waals surface area contributed by atoms with Gasteiger partial charge in [-0.3, -0.25) is 14.4 Å². The summed E-state index contributed by atoms with van der Waals surface area (Å²) < 4.78 is 6.74. The number of aliphatic hydroxyl groups is 1. The molecule has 39 heavy (non-hydrogen) atoms. The summed E-state index contributed by atoms with van der Waals surface area (Å²) in [6.07, 6.45) is 0.887. The van der Waals surface area contributed by atoms with Crippen molar-refractivity contribution in [3.05, 3.63) is 64.7 Å². The van der Waals surface area contributed by atoms with Gasteiger partial charge in [0.25, 0.3) is 0 Å². The number of hydrogen-bond donors (Lipinski definition) is 3. The summed E-state index contributed by atoms with van der Waals surface area (Å²) in [4.78, 5) is 43.6. The van der Waals surface area contributed by atoms with Crippen LogP contribution in [-0.2, 0) is 25.7 Å². The molecule has 3 saturated heterocycles. The van der Waals surface area contributed by atoms with E-state index in [9.17, 15) is 19.5 Å². The number of amides is 3. The summed E-state index contributed by atoms with van der Waals surface area (Å²) in [5, 5.41) is 16.6. The number of hydrogen-bond acceptors (Lipinski definition) is 5. The van der Waals surface area contributed by atoms with E-state index >= 15 is 0 Å². The van der Waals surface area contributed by atoms with Crippen LogP contribution in [-0.4, -0.2) is 57.6 Å². The van der Waals surface area contributed by atoms with Crippen molar-refractivity contribution in [2.24, 2.45) is 17.8 Å². The largest absolute Gasteiger partial charge is 0.394 e. The van der Waals surface area contributed by atoms with E-state index in [1.807, 2.05) is 64.1 Å². The van der Waals surface area contributed by atoms with E-state index in [-0.39, 0.29) is 24.3 Å². The second-order valence-corrected chi connectivity index (χ2v) is 11.7. The second-order valence-electron chi connectivity index (χ2n) is 11.3. The summed E-state index contributed by atoms with van der Waals surface area (Å²) in [6.45, 7) is 7.60. The molecule has 5 rings (SSSR count). The second kappa shape index (κ2) is 10.2. The molecule has 3 unspecified atom stereocenters. The zero-order valence-corrected chi connectivity index (χ0v) is 23.5. The Labute approximate surface area is 234 Å². The van der Waals surface area contributed by atoms with Crippen LogP contribution in [0.15, 0.2) is 48.5 Å². The van der Waals surface area contributed by atoms with E-state index in [0.29, 0.717) is 30.1 Å². The predicted molar refractivity (Wildman–Crippen MR) is 148 cm³/mol. The van der Waals surface area contributed by atoms with Gasteiger partial charge in [-0.1, -0.05) is 67.9 Å². The molecule has 7 atom stereocenters. The molecule has 0 aromatic heterocycles. The summed E-state index contributed by atoms with van der Waals surface area (Å²) in [6, 6.07) is 13.3. The van der Waals surface area contributed by atoms with Gasteiger partial charge in [0.05, 0.1) is 40.8 Å². The first kappa shape index (κ1) is 27.6. The molecule has 2 aromatic carbocycles. The Balaban J connectivity index is 1.54. The third-order valence-corrected chi connectivity index (χ3v) is 9.45. The number of rotatable bonds is 8. The molecule has 3 heterocycles. The fourth-order valence-electron chi connectivity index (χ4n) is 7.06. The Hall–Kier alpha value is -2.94. The molecule has 2 aromatic rings. The van der Waals surface area contributed by atoms with Crippen molar-refractivity contribution in [2.45, 2.75) is 70.4 Å². The van der Waals surface area contributed by atoms with Crippen LogP contribution in [0.25, 0.3) is 0 Å². The molecule has 0 aliphatic carbocycles. The molecular weight excluding hydrogens is 518 g/mol. The number of carbonyl (C=O) groups excluding carboxylic acids is 3. The number of aliphatic hydroxyl groups excluding tert-OH is 1. The minimum Gasteiger partial charge on any atom is -0.394 e. The highest BCUT2D eigenvalue weighted by Crippen LogP contribution is 2.65. The fourth-order valence-corrected chi connectivity index (χ4v) is 7.33. The van der Waals surface area contributed by atoms with Crippen LogP contribution in [0.3, 0.4) is 0 Å². The van der Waals surface area contributed by atoms with E-state index < -0.39 is 41.0 Å². The lowest BCUT2D eigenvalue weighted by atomic mass is 9.62. The van der Waals surface area contributed by atoms with Gasteiger partial charge < -0.3 is 25.4 Å². The Morgan fingerprint density at radius 1 is 1.18 bits per heavy atom. The quantitative estimate of drug-likeness (QED) is 0.462. The molecule has 208 valence electrons. The molecule has 3 amide bonds. The molecule has 0 saturated carbocycles. The number of halogens is 1. The van der Waals surface area contributed by atoms with Crippen LogP contribution in [0, 0.1) is 24.7 Å². The van der Waals surface area contributed by atoms with Crippen LogP contribution in [0.5, 0.6) is 0 Å². The average Bonchev–Trinajstić information content (AvgIpc) is 3.43. The van der Waals surface area contributed by atoms with Crippen molar-refractivity contribution in [1.82, 2.24) is 10.2 Å². The minimum atomic E-state index is -1.21. The van der Waals surface area contributed by atoms with Crippen molar-refractivity contribution in [3.8, 4) is 0 Å². The number of likely N-dealkylation sites (tertiary alicyclic amines) is 1. The number of aryl methyl sites for hydroxylation is 1. The zero-order chi connectivity index (χ0) is 28.1. The maximum atomic E-state index is 14.2. The first-order valence-corrected chi connectivity index (χ1v) is 14.0. The third kappa shape index (κ3) is 4.24. The smallest absolute Gasteiger partial charge is 0.250 e. The van der Waals surface area contributed by atoms with E-state index in [2.05, 4.69) is 10.6 Å². The zero-order valence-electron chi connectivity index (χ0n) is 22.7. The minimum absolute atomic E-state index is 0.0828. The number of nitrogens with one attached hydrogen (secondary N) is 2. The van der Waals surface area contributed by atoms with Gasteiger partial charge in [-0.05, 0) is 49.8 Å². The van der Waals surface area contributed by atoms with E-state index in [0.717, 1.165) is 11.1 Å². The average molecular weight is 554 g/mol. The van der Waals surface area contributed by atoms with Crippen LogP contribution in [0.2, 0.25) is 5.02 Å². The van der Waals surface area contributed by atoms with Crippen molar-refractivity contribution in [3.63, 3.8) is 0 Å². The predicted octanol–water partition coefficient (Wildman–Crippen LogP) is 3.68. The van der Waals surface area contributed by atoms with Crippen molar-refractivity contribution in [2.75, 3.05) is 11.9 Å². The lowest BCUT2D eigenvalue weighted by Crippen LogP contribution is -2.56. The molecule has 3 aliphatic heterocycles. The number of para-hydroxylation sites is 1.